The molecule has 0 radical (unpaired) electrons. The summed E-state index contributed by atoms with van der Waals surface area (Å²) < 4.78 is 0. The third kappa shape index (κ3) is 4.52. The Hall–Kier alpha value is -1.31. The Kier molecular flexibility index (Phi) is 4.55. The minimum Gasteiger partial charge on any atom is -0.369 e. The van der Waals surface area contributed by atoms with Crippen LogP contribution in [0.15, 0.2) is 30.3 Å². The molecule has 1 aromatic rings. The summed E-state index contributed by atoms with van der Waals surface area (Å²) in [6.07, 6.45) is 2.86. The molecule has 2 heteroatoms. The molecule has 0 aliphatic rings. The van der Waals surface area contributed by atoms with Gasteiger partial charge in [-0.15, -0.1) is 0 Å². The van der Waals surface area contributed by atoms with Crippen molar-refractivity contribution in [2.45, 2.75) is 47.0 Å². The Morgan fingerprint density at radius 2 is 1.61 bits per heavy atom. The van der Waals surface area contributed by atoms with Crippen molar-refractivity contribution in [1.29, 1.82) is 0 Å². The van der Waals surface area contributed by atoms with Gasteiger partial charge in [0.1, 0.15) is 0 Å². The summed E-state index contributed by atoms with van der Waals surface area (Å²) >= 11 is 0. The molecule has 1 amide bonds. The van der Waals surface area contributed by atoms with Gasteiger partial charge in [0.25, 0.3) is 0 Å². The molecule has 2 N–H and O–H groups in total. The molecular formula is C16H25NO. The zero-order valence-corrected chi connectivity index (χ0v) is 12.0. The van der Waals surface area contributed by atoms with Crippen LogP contribution in [0.25, 0.3) is 0 Å². The molecule has 0 aromatic heterocycles. The number of benzene rings is 1. The zero-order chi connectivity index (χ0) is 13.8. The average Bonchev–Trinajstić information content (AvgIpc) is 2.27. The summed E-state index contributed by atoms with van der Waals surface area (Å²) in [5.74, 6) is -0.210. The molecule has 0 aliphatic heterocycles. The van der Waals surface area contributed by atoms with Gasteiger partial charge >= 0.3 is 0 Å². The maximum absolute atomic E-state index is 11.3. The van der Waals surface area contributed by atoms with Gasteiger partial charge < -0.3 is 5.73 Å². The van der Waals surface area contributed by atoms with Crippen LogP contribution in [0.2, 0.25) is 0 Å². The third-order valence-corrected chi connectivity index (χ3v) is 3.62. The van der Waals surface area contributed by atoms with Crippen LogP contribution < -0.4 is 5.73 Å². The first-order valence-corrected chi connectivity index (χ1v) is 6.57. The lowest BCUT2D eigenvalue weighted by molar-refractivity contribution is -0.126. The molecule has 2 nitrogen and oxygen atoms in total. The maximum atomic E-state index is 11.3. The van der Waals surface area contributed by atoms with Gasteiger partial charge in [-0.25, -0.2) is 0 Å². The van der Waals surface area contributed by atoms with E-state index in [9.17, 15) is 4.79 Å². The standard InChI is InChI=1S/C16H25NO/c1-15(2,10-11-16(3,4)14(17)18)12-13-8-6-5-7-9-13/h5-9H,10-12H2,1-4H3,(H2,17,18). The Labute approximate surface area is 111 Å². The summed E-state index contributed by atoms with van der Waals surface area (Å²) in [5, 5.41) is 0. The lowest BCUT2D eigenvalue weighted by Gasteiger charge is -2.29. The molecule has 0 saturated heterocycles. The summed E-state index contributed by atoms with van der Waals surface area (Å²) in [4.78, 5) is 11.3. The minimum absolute atomic E-state index is 0.189. The largest absolute Gasteiger partial charge is 0.369 e. The van der Waals surface area contributed by atoms with E-state index < -0.39 is 5.41 Å². The fourth-order valence-corrected chi connectivity index (χ4v) is 2.01. The molecule has 100 valence electrons. The molecule has 18 heavy (non-hydrogen) atoms. The van der Waals surface area contributed by atoms with Crippen LogP contribution in [0.3, 0.4) is 0 Å². The summed E-state index contributed by atoms with van der Waals surface area (Å²) in [6.45, 7) is 8.34. The second kappa shape index (κ2) is 5.55. The molecule has 1 rings (SSSR count). The van der Waals surface area contributed by atoms with E-state index in [1.54, 1.807) is 0 Å². The highest BCUT2D eigenvalue weighted by Gasteiger charge is 2.28. The van der Waals surface area contributed by atoms with Crippen LogP contribution in [0, 0.1) is 10.8 Å². The van der Waals surface area contributed by atoms with Crippen molar-refractivity contribution < 1.29 is 4.79 Å². The van der Waals surface area contributed by atoms with Gasteiger partial charge in [-0.1, -0.05) is 58.0 Å². The third-order valence-electron chi connectivity index (χ3n) is 3.62. The fraction of sp³-hybridized carbons (Fsp3) is 0.562. The van der Waals surface area contributed by atoms with Crippen LogP contribution in [0.1, 0.15) is 46.1 Å². The molecule has 0 heterocycles. The van der Waals surface area contributed by atoms with E-state index in [1.165, 1.54) is 5.56 Å². The van der Waals surface area contributed by atoms with Gasteiger partial charge in [-0.05, 0) is 30.2 Å². The summed E-state index contributed by atoms with van der Waals surface area (Å²) in [7, 11) is 0. The van der Waals surface area contributed by atoms with Crippen LogP contribution in [0.5, 0.6) is 0 Å². The highest BCUT2D eigenvalue weighted by Crippen LogP contribution is 2.33. The van der Waals surface area contributed by atoms with Gasteiger partial charge in [-0.3, -0.25) is 4.79 Å². The van der Waals surface area contributed by atoms with Crippen LogP contribution in [-0.2, 0) is 11.2 Å². The second-order valence-corrected chi connectivity index (χ2v) is 6.57. The molecule has 0 spiro atoms. The smallest absolute Gasteiger partial charge is 0.223 e. The van der Waals surface area contributed by atoms with Crippen molar-refractivity contribution in [3.05, 3.63) is 35.9 Å². The summed E-state index contributed by atoms with van der Waals surface area (Å²) in [6, 6.07) is 10.5. The Morgan fingerprint density at radius 3 is 2.11 bits per heavy atom. The van der Waals surface area contributed by atoms with Crippen molar-refractivity contribution in [3.8, 4) is 0 Å². The van der Waals surface area contributed by atoms with Crippen molar-refractivity contribution in [1.82, 2.24) is 0 Å². The Morgan fingerprint density at radius 1 is 1.06 bits per heavy atom. The minimum atomic E-state index is -0.409. The normalized spacial score (nSPS) is 12.4. The van der Waals surface area contributed by atoms with Gasteiger partial charge in [0, 0.05) is 5.41 Å². The van der Waals surface area contributed by atoms with E-state index in [2.05, 4.69) is 38.1 Å². The number of rotatable bonds is 6. The number of carbonyl (C=O) groups is 1. The quantitative estimate of drug-likeness (QED) is 0.820. The number of hydrogen-bond donors (Lipinski definition) is 1. The zero-order valence-electron chi connectivity index (χ0n) is 12.0. The summed E-state index contributed by atoms with van der Waals surface area (Å²) in [5.41, 5.74) is 6.54. The molecular weight excluding hydrogens is 222 g/mol. The fourth-order valence-electron chi connectivity index (χ4n) is 2.01. The van der Waals surface area contributed by atoms with E-state index in [-0.39, 0.29) is 11.3 Å². The average molecular weight is 247 g/mol. The first-order valence-electron chi connectivity index (χ1n) is 6.57. The SMILES string of the molecule is CC(C)(CCC(C)(C)C(N)=O)Cc1ccccc1. The van der Waals surface area contributed by atoms with Crippen molar-refractivity contribution >= 4 is 5.91 Å². The van der Waals surface area contributed by atoms with E-state index in [0.29, 0.717) is 0 Å². The predicted octanol–water partition coefficient (Wildman–Crippen LogP) is 3.55. The number of carbonyl (C=O) groups excluding carboxylic acids is 1. The number of amides is 1. The molecule has 0 saturated carbocycles. The number of primary amides is 1. The predicted molar refractivity (Wildman–Crippen MR) is 76.1 cm³/mol. The molecule has 0 unspecified atom stereocenters. The maximum Gasteiger partial charge on any atom is 0.223 e. The van der Waals surface area contributed by atoms with E-state index in [1.807, 2.05) is 19.9 Å². The number of hydrogen-bond acceptors (Lipinski definition) is 1. The van der Waals surface area contributed by atoms with E-state index in [4.69, 9.17) is 5.73 Å². The van der Waals surface area contributed by atoms with Gasteiger partial charge in [0.15, 0.2) is 0 Å². The molecule has 1 aromatic carbocycles. The first-order chi connectivity index (χ1) is 8.23. The first kappa shape index (κ1) is 14.7. The second-order valence-electron chi connectivity index (χ2n) is 6.57. The lowest BCUT2D eigenvalue weighted by Crippen LogP contribution is -2.33. The van der Waals surface area contributed by atoms with Crippen molar-refractivity contribution in [2.75, 3.05) is 0 Å². The molecule has 0 bridgehead atoms. The molecule has 0 fully saturated rings. The highest BCUT2D eigenvalue weighted by molar-refractivity contribution is 5.79. The topological polar surface area (TPSA) is 43.1 Å². The van der Waals surface area contributed by atoms with Crippen molar-refractivity contribution in [2.24, 2.45) is 16.6 Å². The Balaban J connectivity index is 2.58. The molecule has 0 aliphatic carbocycles. The van der Waals surface area contributed by atoms with Crippen LogP contribution >= 0.6 is 0 Å². The van der Waals surface area contributed by atoms with Crippen molar-refractivity contribution in [3.63, 3.8) is 0 Å². The Bertz CT molecular complexity index is 393. The number of nitrogens with two attached hydrogens (primary N) is 1. The van der Waals surface area contributed by atoms with Gasteiger partial charge in [-0.2, -0.15) is 0 Å². The lowest BCUT2D eigenvalue weighted by atomic mass is 9.76. The van der Waals surface area contributed by atoms with E-state index in [0.717, 1.165) is 19.3 Å². The van der Waals surface area contributed by atoms with Crippen LogP contribution in [-0.4, -0.2) is 5.91 Å². The molecule has 0 atom stereocenters. The van der Waals surface area contributed by atoms with Crippen LogP contribution in [0.4, 0.5) is 0 Å². The highest BCUT2D eigenvalue weighted by atomic mass is 16.1. The monoisotopic (exact) mass is 247 g/mol. The van der Waals surface area contributed by atoms with Gasteiger partial charge in [0.05, 0.1) is 0 Å². The van der Waals surface area contributed by atoms with E-state index >= 15 is 0 Å². The van der Waals surface area contributed by atoms with Gasteiger partial charge in [0.2, 0.25) is 5.91 Å².